The average Bonchev–Trinajstić information content (AvgIpc) is 3.25. The van der Waals surface area contributed by atoms with Gasteiger partial charge in [0.05, 0.1) is 5.52 Å². The minimum absolute atomic E-state index is 0.0885. The molecule has 1 aliphatic carbocycles. The van der Waals surface area contributed by atoms with E-state index in [4.69, 9.17) is 0 Å². The molecule has 1 aromatic heterocycles. The van der Waals surface area contributed by atoms with Crippen molar-refractivity contribution in [2.45, 2.75) is 26.7 Å². The first-order chi connectivity index (χ1) is 10.0. The zero-order valence-electron chi connectivity index (χ0n) is 12.4. The van der Waals surface area contributed by atoms with E-state index in [2.05, 4.69) is 24.1 Å². The predicted molar refractivity (Wildman–Crippen MR) is 83.7 cm³/mol. The van der Waals surface area contributed by atoms with Crippen LogP contribution in [0.15, 0.2) is 30.3 Å². The Balaban J connectivity index is 1.95. The zero-order chi connectivity index (χ0) is 15.0. The van der Waals surface area contributed by atoms with Gasteiger partial charge in [-0.15, -0.1) is 0 Å². The van der Waals surface area contributed by atoms with Crippen LogP contribution in [-0.2, 0) is 0 Å². The van der Waals surface area contributed by atoms with Gasteiger partial charge in [0.25, 0.3) is 0 Å². The van der Waals surface area contributed by atoms with E-state index in [0.29, 0.717) is 16.8 Å². The molecule has 1 heterocycles. The zero-order valence-corrected chi connectivity index (χ0v) is 12.4. The van der Waals surface area contributed by atoms with E-state index in [9.17, 15) is 9.90 Å². The van der Waals surface area contributed by atoms with Gasteiger partial charge in [0.2, 0.25) is 0 Å². The number of anilines is 1. The van der Waals surface area contributed by atoms with Crippen molar-refractivity contribution < 1.29 is 9.90 Å². The number of nitrogens with zero attached hydrogens (tertiary/aromatic N) is 1. The topological polar surface area (TPSA) is 62.2 Å². The summed E-state index contributed by atoms with van der Waals surface area (Å²) in [6, 6.07) is 9.29. The highest BCUT2D eigenvalue weighted by atomic mass is 16.4. The molecule has 1 fully saturated rings. The fourth-order valence-electron chi connectivity index (χ4n) is 2.82. The number of pyridine rings is 1. The summed E-state index contributed by atoms with van der Waals surface area (Å²) in [6.45, 7) is 5.39. The molecule has 0 saturated heterocycles. The highest BCUT2D eigenvalue weighted by molar-refractivity contribution is 5.97. The standard InChI is InChI=1S/C17H20N2O2/c1-11(2)17(7-8-17)10-18-14-9-15(16(20)21)19-13-6-4-3-5-12(13)14/h3-6,9,11H,7-8,10H2,1-2H3,(H,18,19)(H,20,21). The van der Waals surface area contributed by atoms with Gasteiger partial charge in [-0.3, -0.25) is 0 Å². The molecule has 0 unspecified atom stereocenters. The molecule has 21 heavy (non-hydrogen) atoms. The minimum atomic E-state index is -0.992. The van der Waals surface area contributed by atoms with Crippen LogP contribution < -0.4 is 5.32 Å². The molecule has 0 atom stereocenters. The average molecular weight is 284 g/mol. The number of hydrogen-bond donors (Lipinski definition) is 2. The quantitative estimate of drug-likeness (QED) is 0.877. The molecule has 3 rings (SSSR count). The largest absolute Gasteiger partial charge is 0.477 e. The van der Waals surface area contributed by atoms with Gasteiger partial charge in [-0.2, -0.15) is 0 Å². The molecule has 0 aliphatic heterocycles. The number of carboxylic acids is 1. The molecule has 0 bridgehead atoms. The number of aromatic nitrogens is 1. The number of para-hydroxylation sites is 1. The Hall–Kier alpha value is -2.10. The van der Waals surface area contributed by atoms with E-state index in [1.165, 1.54) is 12.8 Å². The number of rotatable bonds is 5. The lowest BCUT2D eigenvalue weighted by Crippen LogP contribution is -2.21. The van der Waals surface area contributed by atoms with Crippen LogP contribution in [-0.4, -0.2) is 22.6 Å². The minimum Gasteiger partial charge on any atom is -0.477 e. The molecule has 1 aromatic carbocycles. The summed E-state index contributed by atoms with van der Waals surface area (Å²) in [5.74, 6) is -0.356. The molecule has 0 radical (unpaired) electrons. The predicted octanol–water partition coefficient (Wildman–Crippen LogP) is 3.78. The van der Waals surface area contributed by atoms with E-state index in [-0.39, 0.29) is 5.69 Å². The smallest absolute Gasteiger partial charge is 0.354 e. The van der Waals surface area contributed by atoms with Gasteiger partial charge in [0.1, 0.15) is 0 Å². The van der Waals surface area contributed by atoms with E-state index < -0.39 is 5.97 Å². The van der Waals surface area contributed by atoms with Gasteiger partial charge < -0.3 is 10.4 Å². The number of aromatic carboxylic acids is 1. The van der Waals surface area contributed by atoms with Crippen molar-refractivity contribution in [2.75, 3.05) is 11.9 Å². The van der Waals surface area contributed by atoms with Gasteiger partial charge in [-0.1, -0.05) is 32.0 Å². The van der Waals surface area contributed by atoms with Crippen LogP contribution in [0.25, 0.3) is 10.9 Å². The summed E-state index contributed by atoms with van der Waals surface area (Å²) in [5, 5.41) is 13.6. The van der Waals surface area contributed by atoms with Gasteiger partial charge in [0, 0.05) is 17.6 Å². The molecule has 2 N–H and O–H groups in total. The Bertz CT molecular complexity index is 690. The van der Waals surface area contributed by atoms with Crippen LogP contribution in [0.3, 0.4) is 0 Å². The Morgan fingerprint density at radius 1 is 1.38 bits per heavy atom. The molecule has 0 amide bonds. The third kappa shape index (κ3) is 2.58. The fraction of sp³-hybridized carbons (Fsp3) is 0.412. The number of carboxylic acid groups (broad SMARTS) is 1. The number of carbonyl (C=O) groups is 1. The molecule has 1 aliphatic rings. The van der Waals surface area contributed by atoms with Crippen LogP contribution in [0.4, 0.5) is 5.69 Å². The van der Waals surface area contributed by atoms with E-state index in [1.54, 1.807) is 6.07 Å². The fourth-order valence-corrected chi connectivity index (χ4v) is 2.82. The number of fused-ring (bicyclic) bond motifs is 1. The van der Waals surface area contributed by atoms with Gasteiger partial charge in [-0.25, -0.2) is 9.78 Å². The SMILES string of the molecule is CC(C)C1(CNc2cc(C(=O)O)nc3ccccc23)CC1. The summed E-state index contributed by atoms with van der Waals surface area (Å²) in [6.07, 6.45) is 2.49. The van der Waals surface area contributed by atoms with E-state index in [1.807, 2.05) is 24.3 Å². The normalized spacial score (nSPS) is 16.1. The third-order valence-electron chi connectivity index (χ3n) is 4.68. The Morgan fingerprint density at radius 2 is 2.10 bits per heavy atom. The molecule has 0 spiro atoms. The van der Waals surface area contributed by atoms with Crippen molar-refractivity contribution in [1.29, 1.82) is 0 Å². The van der Waals surface area contributed by atoms with Crippen molar-refractivity contribution in [3.8, 4) is 0 Å². The molecule has 4 nitrogen and oxygen atoms in total. The molecule has 4 heteroatoms. The number of benzene rings is 1. The van der Waals surface area contributed by atoms with Crippen LogP contribution in [0.2, 0.25) is 0 Å². The second-order valence-corrected chi connectivity index (χ2v) is 6.25. The first-order valence-corrected chi connectivity index (χ1v) is 7.39. The summed E-state index contributed by atoms with van der Waals surface area (Å²) in [7, 11) is 0. The van der Waals surface area contributed by atoms with Gasteiger partial charge in [-0.05, 0) is 36.3 Å². The first kappa shape index (κ1) is 13.9. The molecular weight excluding hydrogens is 264 g/mol. The maximum atomic E-state index is 11.2. The maximum absolute atomic E-state index is 11.2. The second kappa shape index (κ2) is 5.02. The molecule has 2 aromatic rings. The second-order valence-electron chi connectivity index (χ2n) is 6.25. The van der Waals surface area contributed by atoms with Crippen molar-refractivity contribution in [3.63, 3.8) is 0 Å². The summed E-state index contributed by atoms with van der Waals surface area (Å²) in [4.78, 5) is 15.4. The molecular formula is C17H20N2O2. The van der Waals surface area contributed by atoms with Gasteiger partial charge >= 0.3 is 5.97 Å². The Morgan fingerprint density at radius 3 is 2.71 bits per heavy atom. The van der Waals surface area contributed by atoms with Crippen LogP contribution in [0.5, 0.6) is 0 Å². The van der Waals surface area contributed by atoms with Crippen LogP contribution >= 0.6 is 0 Å². The summed E-state index contributed by atoms with van der Waals surface area (Å²) >= 11 is 0. The number of hydrogen-bond acceptors (Lipinski definition) is 3. The highest BCUT2D eigenvalue weighted by Crippen LogP contribution is 2.51. The number of nitrogens with one attached hydrogen (secondary N) is 1. The maximum Gasteiger partial charge on any atom is 0.354 e. The van der Waals surface area contributed by atoms with Crippen molar-refractivity contribution >= 4 is 22.6 Å². The Labute approximate surface area is 124 Å². The lowest BCUT2D eigenvalue weighted by Gasteiger charge is -2.21. The van der Waals surface area contributed by atoms with Crippen molar-refractivity contribution in [1.82, 2.24) is 4.98 Å². The Kier molecular flexibility index (Phi) is 3.32. The summed E-state index contributed by atoms with van der Waals surface area (Å²) in [5.41, 5.74) is 2.04. The third-order valence-corrected chi connectivity index (χ3v) is 4.68. The molecule has 110 valence electrons. The summed E-state index contributed by atoms with van der Waals surface area (Å²) < 4.78 is 0. The van der Waals surface area contributed by atoms with E-state index in [0.717, 1.165) is 17.6 Å². The molecule has 1 saturated carbocycles. The lowest BCUT2D eigenvalue weighted by molar-refractivity contribution is 0.0691. The van der Waals surface area contributed by atoms with Gasteiger partial charge in [0.15, 0.2) is 5.69 Å². The van der Waals surface area contributed by atoms with Crippen LogP contribution in [0.1, 0.15) is 37.2 Å². The first-order valence-electron chi connectivity index (χ1n) is 7.39. The highest BCUT2D eigenvalue weighted by Gasteiger charge is 2.44. The van der Waals surface area contributed by atoms with Crippen molar-refractivity contribution in [3.05, 3.63) is 36.0 Å². The lowest BCUT2D eigenvalue weighted by atomic mass is 9.92. The van der Waals surface area contributed by atoms with Crippen molar-refractivity contribution in [2.24, 2.45) is 11.3 Å². The monoisotopic (exact) mass is 284 g/mol. The van der Waals surface area contributed by atoms with E-state index >= 15 is 0 Å². The van der Waals surface area contributed by atoms with Crippen LogP contribution in [0, 0.1) is 11.3 Å².